The van der Waals surface area contributed by atoms with Crippen LogP contribution < -0.4 is 5.56 Å². The molecule has 5 nitrogen and oxygen atoms in total. The summed E-state index contributed by atoms with van der Waals surface area (Å²) in [5.74, 6) is -0.139. The Kier molecular flexibility index (Phi) is 4.53. The first-order chi connectivity index (χ1) is 9.67. The van der Waals surface area contributed by atoms with Crippen LogP contribution in [0, 0.1) is 11.3 Å². The number of carbonyl (C=O) groups excluding carboxylic acids is 1. The second-order valence-corrected chi connectivity index (χ2v) is 5.28. The lowest BCUT2D eigenvalue weighted by molar-refractivity contribution is -0.131. The molecule has 0 fully saturated rings. The van der Waals surface area contributed by atoms with E-state index in [1.807, 2.05) is 24.4 Å². The van der Waals surface area contributed by atoms with Gasteiger partial charge in [-0.25, -0.2) is 0 Å². The molecule has 0 spiro atoms. The molecule has 0 atom stereocenters. The van der Waals surface area contributed by atoms with E-state index < -0.39 is 0 Å². The van der Waals surface area contributed by atoms with Crippen LogP contribution in [0.4, 0.5) is 0 Å². The van der Waals surface area contributed by atoms with Crippen molar-refractivity contribution in [3.05, 3.63) is 34.1 Å². The number of nitrogens with zero attached hydrogens (tertiary/aromatic N) is 3. The standard InChI is InChI=1S/C14H15N3O2S/c1-2-16(7-3-6-15)13(18)10-17-8-4-12-11(14(17)19)5-9-20-12/h4-5,8-9H,2-3,7,10H2,1H3. The maximum absolute atomic E-state index is 12.2. The lowest BCUT2D eigenvalue weighted by Crippen LogP contribution is -2.36. The van der Waals surface area contributed by atoms with Crippen molar-refractivity contribution in [2.24, 2.45) is 0 Å². The number of hydrogen-bond acceptors (Lipinski definition) is 4. The molecule has 1 amide bonds. The topological polar surface area (TPSA) is 66.1 Å². The lowest BCUT2D eigenvalue weighted by atomic mass is 10.3. The summed E-state index contributed by atoms with van der Waals surface area (Å²) in [6.45, 7) is 2.82. The maximum Gasteiger partial charge on any atom is 0.259 e. The summed E-state index contributed by atoms with van der Waals surface area (Å²) in [5, 5.41) is 11.1. The second-order valence-electron chi connectivity index (χ2n) is 4.33. The van der Waals surface area contributed by atoms with E-state index in [1.54, 1.807) is 17.2 Å². The first kappa shape index (κ1) is 14.3. The predicted molar refractivity (Wildman–Crippen MR) is 78.6 cm³/mol. The molecule has 0 radical (unpaired) electrons. The number of nitriles is 1. The number of pyridine rings is 1. The molecule has 2 aromatic heterocycles. The molecular formula is C14H15N3O2S. The van der Waals surface area contributed by atoms with Crippen molar-refractivity contribution in [2.75, 3.05) is 13.1 Å². The number of aromatic nitrogens is 1. The van der Waals surface area contributed by atoms with Crippen LogP contribution in [0.1, 0.15) is 13.3 Å². The third kappa shape index (κ3) is 2.89. The Morgan fingerprint density at radius 1 is 1.50 bits per heavy atom. The van der Waals surface area contributed by atoms with E-state index in [-0.39, 0.29) is 18.0 Å². The molecule has 0 aromatic carbocycles. The molecule has 0 unspecified atom stereocenters. The summed E-state index contributed by atoms with van der Waals surface area (Å²) < 4.78 is 2.35. The minimum absolute atomic E-state index is 0.0177. The van der Waals surface area contributed by atoms with E-state index in [2.05, 4.69) is 0 Å². The van der Waals surface area contributed by atoms with Crippen molar-refractivity contribution < 1.29 is 4.79 Å². The molecule has 104 valence electrons. The van der Waals surface area contributed by atoms with Gasteiger partial charge in [-0.3, -0.25) is 9.59 Å². The molecule has 2 heterocycles. The zero-order valence-corrected chi connectivity index (χ0v) is 12.0. The molecule has 2 aromatic rings. The van der Waals surface area contributed by atoms with Gasteiger partial charge < -0.3 is 9.47 Å². The fourth-order valence-electron chi connectivity index (χ4n) is 2.02. The fraction of sp³-hybridized carbons (Fsp3) is 0.357. The van der Waals surface area contributed by atoms with E-state index in [0.29, 0.717) is 24.9 Å². The van der Waals surface area contributed by atoms with Crippen molar-refractivity contribution >= 4 is 27.3 Å². The highest BCUT2D eigenvalue weighted by Gasteiger charge is 2.13. The third-order valence-electron chi connectivity index (χ3n) is 3.13. The van der Waals surface area contributed by atoms with Gasteiger partial charge in [0.15, 0.2) is 0 Å². The lowest BCUT2D eigenvalue weighted by Gasteiger charge is -2.19. The normalized spacial score (nSPS) is 10.4. The number of rotatable bonds is 5. The molecule has 0 aliphatic rings. The van der Waals surface area contributed by atoms with Gasteiger partial charge in [0.1, 0.15) is 6.54 Å². The molecule has 0 aliphatic heterocycles. The molecule has 0 saturated carbocycles. The van der Waals surface area contributed by atoms with Gasteiger partial charge in [0, 0.05) is 24.0 Å². The number of fused-ring (bicyclic) bond motifs is 1. The number of likely N-dealkylation sites (N-methyl/N-ethyl adjacent to an activating group) is 1. The van der Waals surface area contributed by atoms with Gasteiger partial charge in [-0.2, -0.15) is 5.26 Å². The van der Waals surface area contributed by atoms with Gasteiger partial charge in [0.2, 0.25) is 5.91 Å². The minimum Gasteiger partial charge on any atom is -0.340 e. The van der Waals surface area contributed by atoms with Crippen LogP contribution in [0.15, 0.2) is 28.5 Å². The molecule has 6 heteroatoms. The Balaban J connectivity index is 2.19. The number of thiophene rings is 1. The van der Waals surface area contributed by atoms with Crippen molar-refractivity contribution in [2.45, 2.75) is 19.9 Å². The number of hydrogen-bond donors (Lipinski definition) is 0. The Bertz CT molecular complexity index is 711. The average molecular weight is 289 g/mol. The Labute approximate surface area is 120 Å². The van der Waals surface area contributed by atoms with Crippen LogP contribution in [0.3, 0.4) is 0 Å². The minimum atomic E-state index is -0.145. The predicted octanol–water partition coefficient (Wildman–Crippen LogP) is 1.83. The number of carbonyl (C=O) groups is 1. The van der Waals surface area contributed by atoms with Crippen LogP contribution >= 0.6 is 11.3 Å². The maximum atomic E-state index is 12.2. The molecule has 0 bridgehead atoms. The summed E-state index contributed by atoms with van der Waals surface area (Å²) in [7, 11) is 0. The summed E-state index contributed by atoms with van der Waals surface area (Å²) in [5.41, 5.74) is -0.145. The highest BCUT2D eigenvalue weighted by atomic mass is 32.1. The number of amides is 1. The van der Waals surface area contributed by atoms with E-state index in [0.717, 1.165) is 4.70 Å². The van der Waals surface area contributed by atoms with Gasteiger partial charge >= 0.3 is 0 Å². The molecular weight excluding hydrogens is 274 g/mol. The smallest absolute Gasteiger partial charge is 0.259 e. The van der Waals surface area contributed by atoms with Gasteiger partial charge in [-0.1, -0.05) is 0 Å². The van der Waals surface area contributed by atoms with Crippen LogP contribution in [0.25, 0.3) is 10.1 Å². The molecule has 2 rings (SSSR count). The van der Waals surface area contributed by atoms with Crippen LogP contribution in [-0.4, -0.2) is 28.5 Å². The SMILES string of the molecule is CCN(CCC#N)C(=O)Cn1ccc2sccc2c1=O. The summed E-state index contributed by atoms with van der Waals surface area (Å²) >= 11 is 1.51. The van der Waals surface area contributed by atoms with Crippen molar-refractivity contribution in [1.82, 2.24) is 9.47 Å². The largest absolute Gasteiger partial charge is 0.340 e. The first-order valence-corrected chi connectivity index (χ1v) is 7.26. The quantitative estimate of drug-likeness (QED) is 0.843. The van der Waals surface area contributed by atoms with Gasteiger partial charge in [0.05, 0.1) is 17.9 Å². The van der Waals surface area contributed by atoms with E-state index in [1.165, 1.54) is 15.9 Å². The molecule has 0 saturated heterocycles. The summed E-state index contributed by atoms with van der Waals surface area (Å²) in [4.78, 5) is 25.9. The van der Waals surface area contributed by atoms with Gasteiger partial charge in [0.25, 0.3) is 5.56 Å². The Morgan fingerprint density at radius 2 is 2.30 bits per heavy atom. The average Bonchev–Trinajstić information content (AvgIpc) is 2.92. The third-order valence-corrected chi connectivity index (χ3v) is 4.01. The van der Waals surface area contributed by atoms with Gasteiger partial charge in [-0.15, -0.1) is 11.3 Å². The Morgan fingerprint density at radius 3 is 3.00 bits per heavy atom. The zero-order chi connectivity index (χ0) is 14.5. The zero-order valence-electron chi connectivity index (χ0n) is 11.2. The van der Waals surface area contributed by atoms with Crippen molar-refractivity contribution in [3.8, 4) is 6.07 Å². The fourth-order valence-corrected chi connectivity index (χ4v) is 2.79. The van der Waals surface area contributed by atoms with Gasteiger partial charge in [-0.05, 0) is 24.4 Å². The van der Waals surface area contributed by atoms with E-state index in [4.69, 9.17) is 5.26 Å². The van der Waals surface area contributed by atoms with E-state index in [9.17, 15) is 9.59 Å². The van der Waals surface area contributed by atoms with Crippen LogP contribution in [0.5, 0.6) is 0 Å². The van der Waals surface area contributed by atoms with Crippen LogP contribution in [-0.2, 0) is 11.3 Å². The van der Waals surface area contributed by atoms with Crippen molar-refractivity contribution in [3.63, 3.8) is 0 Å². The summed E-state index contributed by atoms with van der Waals surface area (Å²) in [6.07, 6.45) is 1.95. The Hall–Kier alpha value is -2.13. The van der Waals surface area contributed by atoms with Crippen molar-refractivity contribution in [1.29, 1.82) is 5.26 Å². The molecule has 20 heavy (non-hydrogen) atoms. The first-order valence-electron chi connectivity index (χ1n) is 6.38. The highest BCUT2D eigenvalue weighted by molar-refractivity contribution is 7.17. The molecule has 0 N–H and O–H groups in total. The summed E-state index contributed by atoms with van der Waals surface area (Å²) in [6, 6.07) is 5.64. The molecule has 0 aliphatic carbocycles. The second kappa shape index (κ2) is 6.35. The van der Waals surface area contributed by atoms with E-state index >= 15 is 0 Å². The highest BCUT2D eigenvalue weighted by Crippen LogP contribution is 2.16. The monoisotopic (exact) mass is 289 g/mol. The van der Waals surface area contributed by atoms with Crippen LogP contribution in [0.2, 0.25) is 0 Å².